The maximum Gasteiger partial charge on any atom is 0.328 e. The van der Waals surface area contributed by atoms with Gasteiger partial charge in [0.05, 0.1) is 18.2 Å². The van der Waals surface area contributed by atoms with Gasteiger partial charge in [-0.15, -0.1) is 0 Å². The lowest BCUT2D eigenvalue weighted by Crippen LogP contribution is -2.60. The van der Waals surface area contributed by atoms with Crippen molar-refractivity contribution in [1.29, 1.82) is 0 Å². The van der Waals surface area contributed by atoms with Gasteiger partial charge in [-0.3, -0.25) is 19.2 Å². The van der Waals surface area contributed by atoms with Gasteiger partial charge < -0.3 is 42.3 Å². The maximum atomic E-state index is 12.7. The summed E-state index contributed by atoms with van der Waals surface area (Å²) in [6.07, 6.45) is -1.87. The van der Waals surface area contributed by atoms with Crippen LogP contribution >= 0.6 is 0 Å². The molecule has 1 fully saturated rings. The van der Waals surface area contributed by atoms with E-state index in [4.69, 9.17) is 10.8 Å². The van der Waals surface area contributed by atoms with Crippen molar-refractivity contribution in [2.75, 3.05) is 6.54 Å². The Kier molecular flexibility index (Phi) is 10.3. The van der Waals surface area contributed by atoms with Crippen LogP contribution in [0.2, 0.25) is 0 Å². The molecule has 0 bridgehead atoms. The second-order valence-corrected chi connectivity index (χ2v) is 7.51. The molecular formula is C18H31N5O8. The van der Waals surface area contributed by atoms with E-state index in [0.717, 1.165) is 13.3 Å². The first-order valence-electron chi connectivity index (χ1n) is 9.95. The fourth-order valence-electron chi connectivity index (χ4n) is 3.03. The SMILES string of the molecule is CC(O)C(NC(=O)C(NC(=O)C(CCC(N)=O)NC(=O)C1CCCN1)C(C)O)C(=O)O. The molecule has 6 unspecified atom stereocenters. The average molecular weight is 445 g/mol. The Bertz CT molecular complexity index is 678. The van der Waals surface area contributed by atoms with Gasteiger partial charge >= 0.3 is 5.97 Å². The summed E-state index contributed by atoms with van der Waals surface area (Å²) in [5, 5.41) is 38.3. The molecule has 0 aromatic rings. The Morgan fingerprint density at radius 3 is 2.03 bits per heavy atom. The Balaban J connectivity index is 2.90. The number of aliphatic hydroxyl groups excluding tert-OH is 2. The van der Waals surface area contributed by atoms with Gasteiger partial charge in [0.25, 0.3) is 0 Å². The Morgan fingerprint density at radius 1 is 1.00 bits per heavy atom. The minimum absolute atomic E-state index is 0.140. The second-order valence-electron chi connectivity index (χ2n) is 7.51. The van der Waals surface area contributed by atoms with Crippen molar-refractivity contribution in [2.45, 2.75) is 75.9 Å². The molecule has 9 N–H and O–H groups in total. The summed E-state index contributed by atoms with van der Waals surface area (Å²) < 4.78 is 0. The van der Waals surface area contributed by atoms with Crippen molar-refractivity contribution >= 4 is 29.6 Å². The molecule has 0 aliphatic carbocycles. The highest BCUT2D eigenvalue weighted by atomic mass is 16.4. The zero-order valence-electron chi connectivity index (χ0n) is 17.5. The summed E-state index contributed by atoms with van der Waals surface area (Å²) in [7, 11) is 0. The second kappa shape index (κ2) is 12.2. The minimum atomic E-state index is -1.66. The molecule has 0 spiro atoms. The van der Waals surface area contributed by atoms with E-state index in [9.17, 15) is 34.2 Å². The number of primary amides is 1. The molecule has 4 amide bonds. The highest BCUT2D eigenvalue weighted by Gasteiger charge is 2.34. The van der Waals surface area contributed by atoms with Crippen molar-refractivity contribution < 1.29 is 39.3 Å². The molecule has 13 heteroatoms. The van der Waals surface area contributed by atoms with E-state index in [-0.39, 0.29) is 12.8 Å². The van der Waals surface area contributed by atoms with Crippen LogP contribution in [-0.2, 0) is 24.0 Å². The van der Waals surface area contributed by atoms with Crippen molar-refractivity contribution in [3.63, 3.8) is 0 Å². The van der Waals surface area contributed by atoms with Crippen molar-refractivity contribution in [1.82, 2.24) is 21.3 Å². The van der Waals surface area contributed by atoms with Gasteiger partial charge in [-0.2, -0.15) is 0 Å². The van der Waals surface area contributed by atoms with Crippen LogP contribution in [-0.4, -0.2) is 87.8 Å². The zero-order chi connectivity index (χ0) is 23.7. The Morgan fingerprint density at radius 2 is 1.58 bits per heavy atom. The van der Waals surface area contributed by atoms with Gasteiger partial charge in [0.2, 0.25) is 23.6 Å². The number of carboxylic acid groups (broad SMARTS) is 1. The molecule has 0 radical (unpaired) electrons. The zero-order valence-corrected chi connectivity index (χ0v) is 17.5. The molecular weight excluding hydrogens is 414 g/mol. The molecule has 1 heterocycles. The first kappa shape index (κ1) is 26.3. The van der Waals surface area contributed by atoms with E-state index >= 15 is 0 Å². The highest BCUT2D eigenvalue weighted by Crippen LogP contribution is 2.07. The first-order valence-corrected chi connectivity index (χ1v) is 9.95. The predicted molar refractivity (Wildman–Crippen MR) is 106 cm³/mol. The topological polar surface area (TPSA) is 220 Å². The van der Waals surface area contributed by atoms with Gasteiger partial charge in [0.15, 0.2) is 6.04 Å². The van der Waals surface area contributed by atoms with Gasteiger partial charge in [0, 0.05) is 6.42 Å². The summed E-state index contributed by atoms with van der Waals surface area (Å²) >= 11 is 0. The lowest BCUT2D eigenvalue weighted by atomic mass is 10.1. The molecule has 1 saturated heterocycles. The molecule has 0 saturated carbocycles. The molecule has 1 aliphatic heterocycles. The van der Waals surface area contributed by atoms with Crippen LogP contribution in [0.25, 0.3) is 0 Å². The number of carbonyl (C=O) groups is 5. The molecule has 176 valence electrons. The van der Waals surface area contributed by atoms with Gasteiger partial charge in [-0.05, 0) is 39.7 Å². The smallest absolute Gasteiger partial charge is 0.328 e. The van der Waals surface area contributed by atoms with E-state index in [0.29, 0.717) is 13.0 Å². The molecule has 0 aromatic carbocycles. The van der Waals surface area contributed by atoms with Crippen LogP contribution in [0.4, 0.5) is 0 Å². The molecule has 1 aliphatic rings. The van der Waals surface area contributed by atoms with E-state index < -0.39 is 66.0 Å². The number of nitrogens with one attached hydrogen (secondary N) is 4. The van der Waals surface area contributed by atoms with Crippen molar-refractivity contribution in [2.24, 2.45) is 5.73 Å². The summed E-state index contributed by atoms with van der Waals surface area (Å²) in [6.45, 7) is 3.00. The van der Waals surface area contributed by atoms with E-state index in [1.165, 1.54) is 6.92 Å². The van der Waals surface area contributed by atoms with Gasteiger partial charge in [-0.1, -0.05) is 0 Å². The number of aliphatic carboxylic acids is 1. The molecule has 0 aromatic heterocycles. The average Bonchev–Trinajstić information content (AvgIpc) is 3.20. The lowest BCUT2D eigenvalue weighted by Gasteiger charge is -2.27. The fourth-order valence-corrected chi connectivity index (χ4v) is 3.03. The number of hydrogen-bond acceptors (Lipinski definition) is 8. The number of aliphatic hydroxyl groups is 2. The van der Waals surface area contributed by atoms with Crippen LogP contribution < -0.4 is 27.0 Å². The standard InChI is InChI=1S/C18H31N5O8/c1-8(24)13(17(29)23-14(9(2)25)18(30)31)22-16(28)11(5-6-12(19)26)21-15(27)10-4-3-7-20-10/h8-11,13-14,20,24-25H,3-7H2,1-2H3,(H2,19,26)(H,21,27)(H,22,28)(H,23,29)(H,30,31). The minimum Gasteiger partial charge on any atom is -0.480 e. The quantitative estimate of drug-likeness (QED) is 0.148. The van der Waals surface area contributed by atoms with E-state index in [1.807, 2.05) is 5.32 Å². The molecule has 13 nitrogen and oxygen atoms in total. The molecule has 31 heavy (non-hydrogen) atoms. The van der Waals surface area contributed by atoms with E-state index in [2.05, 4.69) is 16.0 Å². The Hall–Kier alpha value is -2.77. The third-order valence-electron chi connectivity index (χ3n) is 4.80. The predicted octanol–water partition coefficient (Wildman–Crippen LogP) is -3.70. The lowest BCUT2D eigenvalue weighted by molar-refractivity contribution is -0.146. The van der Waals surface area contributed by atoms with E-state index in [1.54, 1.807) is 0 Å². The third kappa shape index (κ3) is 8.47. The third-order valence-corrected chi connectivity index (χ3v) is 4.80. The Labute approximate surface area is 179 Å². The largest absolute Gasteiger partial charge is 0.480 e. The maximum absolute atomic E-state index is 12.7. The molecule has 1 rings (SSSR count). The van der Waals surface area contributed by atoms with Gasteiger partial charge in [-0.25, -0.2) is 4.79 Å². The van der Waals surface area contributed by atoms with Crippen LogP contribution in [0.5, 0.6) is 0 Å². The number of nitrogens with two attached hydrogens (primary N) is 1. The number of amides is 4. The molecule has 6 atom stereocenters. The number of carboxylic acids is 1. The van der Waals surface area contributed by atoms with Crippen LogP contribution in [0.15, 0.2) is 0 Å². The number of rotatable bonds is 12. The first-order chi connectivity index (χ1) is 14.4. The summed E-state index contributed by atoms with van der Waals surface area (Å²) in [5.41, 5.74) is 5.12. The van der Waals surface area contributed by atoms with Crippen LogP contribution in [0, 0.1) is 0 Å². The fraction of sp³-hybridized carbons (Fsp3) is 0.722. The van der Waals surface area contributed by atoms with Crippen molar-refractivity contribution in [3.8, 4) is 0 Å². The highest BCUT2D eigenvalue weighted by molar-refractivity contribution is 5.94. The number of carbonyl (C=O) groups excluding carboxylic acids is 4. The van der Waals surface area contributed by atoms with Crippen LogP contribution in [0.3, 0.4) is 0 Å². The summed E-state index contributed by atoms with van der Waals surface area (Å²) in [6, 6.07) is -4.96. The van der Waals surface area contributed by atoms with Crippen molar-refractivity contribution in [3.05, 3.63) is 0 Å². The normalized spacial score (nSPS) is 20.6. The summed E-state index contributed by atoms with van der Waals surface area (Å²) in [5.74, 6) is -4.57. The van der Waals surface area contributed by atoms with Crippen LogP contribution in [0.1, 0.15) is 39.5 Å². The summed E-state index contributed by atoms with van der Waals surface area (Å²) in [4.78, 5) is 59.8. The number of hydrogen-bond donors (Lipinski definition) is 8. The monoisotopic (exact) mass is 445 g/mol. The van der Waals surface area contributed by atoms with Gasteiger partial charge in [0.1, 0.15) is 12.1 Å².